The van der Waals surface area contributed by atoms with E-state index in [0.29, 0.717) is 24.9 Å². The van der Waals surface area contributed by atoms with Crippen LogP contribution in [0.2, 0.25) is 0 Å². The van der Waals surface area contributed by atoms with Gasteiger partial charge in [-0.05, 0) is 43.0 Å². The number of nitrogens with zero attached hydrogens (tertiary/aromatic N) is 3. The van der Waals surface area contributed by atoms with Crippen LogP contribution in [0.25, 0.3) is 11.3 Å². The van der Waals surface area contributed by atoms with Gasteiger partial charge >= 0.3 is 0 Å². The van der Waals surface area contributed by atoms with E-state index in [1.807, 2.05) is 60.7 Å². The van der Waals surface area contributed by atoms with Crippen molar-refractivity contribution in [1.29, 1.82) is 0 Å². The van der Waals surface area contributed by atoms with Gasteiger partial charge in [-0.15, -0.1) is 0 Å². The molecule has 3 aromatic carbocycles. The van der Waals surface area contributed by atoms with Crippen LogP contribution in [0.15, 0.2) is 84.9 Å². The van der Waals surface area contributed by atoms with E-state index in [2.05, 4.69) is 4.90 Å². The Balaban J connectivity index is 1.41. The van der Waals surface area contributed by atoms with Crippen LogP contribution in [-0.4, -0.2) is 45.6 Å². The van der Waals surface area contributed by atoms with E-state index >= 15 is 0 Å². The molecule has 7 heteroatoms. The molecule has 1 heterocycles. The van der Waals surface area contributed by atoms with E-state index in [0.717, 1.165) is 29.1 Å². The molecule has 1 fully saturated rings. The molecule has 0 radical (unpaired) electrons. The Morgan fingerprint density at radius 1 is 1.00 bits per heavy atom. The molecule has 0 spiro atoms. The fourth-order valence-corrected chi connectivity index (χ4v) is 4.43. The largest absolute Gasteiger partial charge is 0.491 e. The average Bonchev–Trinajstić information content (AvgIpc) is 3.68. The highest BCUT2D eigenvalue weighted by Gasteiger charge is 2.29. The maximum Gasteiger partial charge on any atom is 0.222 e. The van der Waals surface area contributed by atoms with Gasteiger partial charge in [0.2, 0.25) is 5.88 Å². The van der Waals surface area contributed by atoms with Gasteiger partial charge in [-0.2, -0.15) is 5.10 Å². The smallest absolute Gasteiger partial charge is 0.222 e. The standard InChI is InChI=1S/C30H32FN3O3/c1-33-30(37-28-15-9-8-14-27(28)31)26(29(32-33)23-10-4-2-5-11-23)20-34(18-22-16-17-22)19-24(35)21-36-25-12-6-3-7-13-25/h2-15,22,24,35H,16-21H2,1H3. The molecule has 1 aliphatic carbocycles. The monoisotopic (exact) mass is 501 g/mol. The number of aryl methyl sites for hydroxylation is 1. The Morgan fingerprint density at radius 2 is 1.68 bits per heavy atom. The lowest BCUT2D eigenvalue weighted by Gasteiger charge is -2.25. The zero-order valence-corrected chi connectivity index (χ0v) is 21.0. The van der Waals surface area contributed by atoms with Crippen molar-refractivity contribution in [1.82, 2.24) is 14.7 Å². The maximum atomic E-state index is 14.5. The van der Waals surface area contributed by atoms with Crippen LogP contribution in [0, 0.1) is 11.7 Å². The number of aliphatic hydroxyl groups is 1. The molecule has 1 aliphatic rings. The van der Waals surface area contributed by atoms with Gasteiger partial charge in [0.25, 0.3) is 0 Å². The molecular formula is C30H32FN3O3. The van der Waals surface area contributed by atoms with Crippen LogP contribution < -0.4 is 9.47 Å². The molecule has 6 nitrogen and oxygen atoms in total. The number of para-hydroxylation sites is 2. The molecule has 1 unspecified atom stereocenters. The number of benzene rings is 3. The molecule has 0 amide bonds. The zero-order valence-electron chi connectivity index (χ0n) is 21.0. The van der Waals surface area contributed by atoms with Crippen molar-refractivity contribution >= 4 is 0 Å². The van der Waals surface area contributed by atoms with Gasteiger partial charge in [0.05, 0.1) is 5.56 Å². The molecule has 1 N–H and O–H groups in total. The van der Waals surface area contributed by atoms with Gasteiger partial charge in [-0.25, -0.2) is 9.07 Å². The molecule has 5 rings (SSSR count). The van der Waals surface area contributed by atoms with Gasteiger partial charge in [0, 0.05) is 32.2 Å². The Hall–Kier alpha value is -3.68. The summed E-state index contributed by atoms with van der Waals surface area (Å²) in [4.78, 5) is 2.23. The van der Waals surface area contributed by atoms with E-state index in [1.165, 1.54) is 18.9 Å². The average molecular weight is 502 g/mol. The highest BCUT2D eigenvalue weighted by atomic mass is 19.1. The first kappa shape index (κ1) is 25.0. The quantitative estimate of drug-likeness (QED) is 0.271. The summed E-state index contributed by atoms with van der Waals surface area (Å²) in [7, 11) is 1.81. The first-order valence-corrected chi connectivity index (χ1v) is 12.7. The van der Waals surface area contributed by atoms with Crippen LogP contribution in [0.5, 0.6) is 17.4 Å². The summed E-state index contributed by atoms with van der Waals surface area (Å²) >= 11 is 0. The van der Waals surface area contributed by atoms with Crippen LogP contribution in [0.1, 0.15) is 18.4 Å². The second-order valence-corrected chi connectivity index (χ2v) is 9.57. The molecule has 192 valence electrons. The van der Waals surface area contributed by atoms with Crippen LogP contribution in [0.3, 0.4) is 0 Å². The van der Waals surface area contributed by atoms with Crippen LogP contribution in [0.4, 0.5) is 4.39 Å². The summed E-state index contributed by atoms with van der Waals surface area (Å²) in [5.41, 5.74) is 2.59. The molecular weight excluding hydrogens is 469 g/mol. The molecule has 1 saturated carbocycles. The summed E-state index contributed by atoms with van der Waals surface area (Å²) in [5, 5.41) is 15.6. The fraction of sp³-hybridized carbons (Fsp3) is 0.300. The Labute approximate surface area is 216 Å². The van der Waals surface area contributed by atoms with Crippen molar-refractivity contribution in [2.24, 2.45) is 13.0 Å². The number of hydrogen-bond acceptors (Lipinski definition) is 5. The molecule has 0 saturated heterocycles. The predicted octanol–water partition coefficient (Wildman–Crippen LogP) is 5.67. The van der Waals surface area contributed by atoms with Crippen molar-refractivity contribution < 1.29 is 19.0 Å². The minimum Gasteiger partial charge on any atom is -0.491 e. The topological polar surface area (TPSA) is 59.8 Å². The van der Waals surface area contributed by atoms with Crippen LogP contribution in [-0.2, 0) is 13.6 Å². The minimum absolute atomic E-state index is 0.149. The number of aromatic nitrogens is 2. The lowest BCUT2D eigenvalue weighted by molar-refractivity contribution is 0.0637. The summed E-state index contributed by atoms with van der Waals surface area (Å²) in [6, 6.07) is 25.8. The lowest BCUT2D eigenvalue weighted by Crippen LogP contribution is -2.36. The lowest BCUT2D eigenvalue weighted by atomic mass is 10.1. The van der Waals surface area contributed by atoms with Gasteiger partial charge in [0.15, 0.2) is 11.6 Å². The van der Waals surface area contributed by atoms with Gasteiger partial charge in [-0.1, -0.05) is 60.7 Å². The van der Waals surface area contributed by atoms with E-state index in [9.17, 15) is 9.50 Å². The SMILES string of the molecule is Cn1nc(-c2ccccc2)c(CN(CC(O)COc2ccccc2)CC2CC2)c1Oc1ccccc1F. The molecule has 1 atom stereocenters. The Kier molecular flexibility index (Phi) is 7.82. The predicted molar refractivity (Wildman–Crippen MR) is 141 cm³/mol. The molecule has 1 aromatic heterocycles. The van der Waals surface area contributed by atoms with E-state index in [1.54, 1.807) is 29.9 Å². The first-order chi connectivity index (χ1) is 18.1. The van der Waals surface area contributed by atoms with Crippen molar-refractivity contribution in [3.8, 4) is 28.6 Å². The Bertz CT molecular complexity index is 1290. The first-order valence-electron chi connectivity index (χ1n) is 12.7. The third-order valence-electron chi connectivity index (χ3n) is 6.43. The molecule has 0 aliphatic heterocycles. The highest BCUT2D eigenvalue weighted by Crippen LogP contribution is 2.36. The highest BCUT2D eigenvalue weighted by molar-refractivity contribution is 5.65. The van der Waals surface area contributed by atoms with Gasteiger partial charge in [-0.3, -0.25) is 4.90 Å². The summed E-state index contributed by atoms with van der Waals surface area (Å²) < 4.78 is 28.1. The molecule has 0 bridgehead atoms. The van der Waals surface area contributed by atoms with Crippen molar-refractivity contribution in [2.75, 3.05) is 19.7 Å². The third kappa shape index (κ3) is 6.56. The minimum atomic E-state index is -0.674. The van der Waals surface area contributed by atoms with Gasteiger partial charge in [0.1, 0.15) is 24.2 Å². The number of halogens is 1. The molecule has 37 heavy (non-hydrogen) atoms. The maximum absolute atomic E-state index is 14.5. The number of aliphatic hydroxyl groups excluding tert-OH is 1. The fourth-order valence-electron chi connectivity index (χ4n) is 4.43. The zero-order chi connectivity index (χ0) is 25.6. The summed E-state index contributed by atoms with van der Waals surface area (Å²) in [5.74, 6) is 1.54. The molecule has 4 aromatic rings. The Morgan fingerprint density at radius 3 is 2.38 bits per heavy atom. The van der Waals surface area contributed by atoms with E-state index in [-0.39, 0.29) is 12.4 Å². The van der Waals surface area contributed by atoms with Crippen LogP contribution >= 0.6 is 0 Å². The van der Waals surface area contributed by atoms with Crippen molar-refractivity contribution in [3.63, 3.8) is 0 Å². The number of rotatable bonds is 12. The summed E-state index contributed by atoms with van der Waals surface area (Å²) in [6.45, 7) is 1.99. The van der Waals surface area contributed by atoms with E-state index in [4.69, 9.17) is 14.6 Å². The number of hydrogen-bond donors (Lipinski definition) is 1. The van der Waals surface area contributed by atoms with Crippen molar-refractivity contribution in [3.05, 3.63) is 96.3 Å². The normalized spacial score (nSPS) is 14.1. The van der Waals surface area contributed by atoms with Gasteiger partial charge < -0.3 is 14.6 Å². The number of ether oxygens (including phenoxy) is 2. The van der Waals surface area contributed by atoms with E-state index < -0.39 is 11.9 Å². The van der Waals surface area contributed by atoms with Crippen molar-refractivity contribution in [2.45, 2.75) is 25.5 Å². The third-order valence-corrected chi connectivity index (χ3v) is 6.43. The second kappa shape index (κ2) is 11.6. The second-order valence-electron chi connectivity index (χ2n) is 9.57. The summed E-state index contributed by atoms with van der Waals surface area (Å²) in [6.07, 6.45) is 1.70.